The van der Waals surface area contributed by atoms with E-state index in [1.165, 1.54) is 7.11 Å². The van der Waals surface area contributed by atoms with Crippen LogP contribution in [0.25, 0.3) is 0 Å². The van der Waals surface area contributed by atoms with Crippen LogP contribution in [0.5, 0.6) is 0 Å². The van der Waals surface area contributed by atoms with Crippen LogP contribution >= 0.6 is 7.60 Å². The van der Waals surface area contributed by atoms with Gasteiger partial charge in [-0.15, -0.1) is 0 Å². The first-order chi connectivity index (χ1) is 6.55. The summed E-state index contributed by atoms with van der Waals surface area (Å²) in [5, 5.41) is 0. The Morgan fingerprint density at radius 3 is 2.07 bits per heavy atom. The summed E-state index contributed by atoms with van der Waals surface area (Å²) >= 11 is 0. The van der Waals surface area contributed by atoms with E-state index in [4.69, 9.17) is 18.9 Å². The molecule has 0 saturated heterocycles. The van der Waals surface area contributed by atoms with E-state index < -0.39 is 15.9 Å². The highest BCUT2D eigenvalue weighted by molar-refractivity contribution is 7.52. The first kappa shape index (κ1) is 14.7. The third-order valence-corrected chi connectivity index (χ3v) is 3.06. The van der Waals surface area contributed by atoms with Crippen molar-refractivity contribution in [1.82, 2.24) is 0 Å². The van der Waals surface area contributed by atoms with Crippen LogP contribution in [0, 0.1) is 0 Å². The number of ether oxygens (including phenoxy) is 1. The number of hydrogen-bond donors (Lipinski definition) is 2. The lowest BCUT2D eigenvalue weighted by Gasteiger charge is -2.22. The van der Waals surface area contributed by atoms with Crippen LogP contribution in [0.4, 0.5) is 0 Å². The quantitative estimate of drug-likeness (QED) is 0.445. The molecule has 2 N–H and O–H groups in total. The van der Waals surface area contributed by atoms with Gasteiger partial charge in [0.15, 0.2) is 0 Å². The highest BCUT2D eigenvalue weighted by atomic mass is 31.2. The van der Waals surface area contributed by atoms with Gasteiger partial charge in [-0.25, -0.2) is 0 Å². The number of methoxy groups -OCH3 is 1. The molecule has 5 nitrogen and oxygen atoms in total. The van der Waals surface area contributed by atoms with Crippen molar-refractivity contribution in [2.45, 2.75) is 26.6 Å². The van der Waals surface area contributed by atoms with Gasteiger partial charge in [-0.05, 0) is 26.6 Å². The minimum absolute atomic E-state index is 0.234. The number of rotatable bonds is 5. The van der Waals surface area contributed by atoms with Crippen LogP contribution in [-0.4, -0.2) is 31.4 Å². The van der Waals surface area contributed by atoms with Crippen molar-refractivity contribution in [3.8, 4) is 0 Å². The van der Waals surface area contributed by atoms with Crippen molar-refractivity contribution in [3.05, 3.63) is 11.5 Å². The lowest BCUT2D eigenvalue weighted by Crippen LogP contribution is -2.26. The van der Waals surface area contributed by atoms with Crippen LogP contribution in [0.2, 0.25) is 19.6 Å². The third kappa shape index (κ3) is 7.61. The summed E-state index contributed by atoms with van der Waals surface area (Å²) in [7, 11) is -4.44. The molecule has 0 fully saturated rings. The van der Waals surface area contributed by atoms with Gasteiger partial charge in [0.2, 0.25) is 8.32 Å². The second-order valence-electron chi connectivity index (χ2n) is 4.31. The molecule has 0 aromatic carbocycles. The first-order valence-corrected chi connectivity index (χ1v) is 9.73. The average molecular weight is 254 g/mol. The fourth-order valence-electron chi connectivity index (χ4n) is 0.955. The second kappa shape index (κ2) is 5.16. The Labute approximate surface area is 91.4 Å². The van der Waals surface area contributed by atoms with E-state index in [1.54, 1.807) is 6.92 Å². The summed E-state index contributed by atoms with van der Waals surface area (Å²) in [5.41, 5.74) is 0.438. The molecule has 0 aliphatic rings. The molecule has 0 radical (unpaired) electrons. The molecule has 0 aromatic heterocycles. The topological polar surface area (TPSA) is 76.0 Å². The molecule has 0 spiro atoms. The highest BCUT2D eigenvalue weighted by Crippen LogP contribution is 2.37. The summed E-state index contributed by atoms with van der Waals surface area (Å²) in [5.74, 6) is 0.234. The van der Waals surface area contributed by atoms with Crippen LogP contribution in [0.3, 0.4) is 0 Å². The van der Waals surface area contributed by atoms with Gasteiger partial charge in [-0.2, -0.15) is 0 Å². The molecule has 90 valence electrons. The maximum absolute atomic E-state index is 10.8. The molecule has 15 heavy (non-hydrogen) atoms. The van der Waals surface area contributed by atoms with Crippen molar-refractivity contribution in [3.63, 3.8) is 0 Å². The predicted molar refractivity (Wildman–Crippen MR) is 61.1 cm³/mol. The Kier molecular flexibility index (Phi) is 5.06. The van der Waals surface area contributed by atoms with Gasteiger partial charge >= 0.3 is 7.60 Å². The van der Waals surface area contributed by atoms with E-state index in [1.807, 2.05) is 19.6 Å². The van der Waals surface area contributed by atoms with E-state index in [-0.39, 0.29) is 12.1 Å². The number of allylic oxidation sites excluding steroid dienone is 1. The molecule has 7 heteroatoms. The maximum atomic E-state index is 10.8. The van der Waals surface area contributed by atoms with Crippen molar-refractivity contribution in [1.29, 1.82) is 0 Å². The summed E-state index contributed by atoms with van der Waals surface area (Å²) in [6.07, 6.45) is -0.333. The smallest absolute Gasteiger partial charge is 0.329 e. The zero-order valence-electron chi connectivity index (χ0n) is 9.77. The predicted octanol–water partition coefficient (Wildman–Crippen LogP) is 1.89. The normalized spacial score (nSPS) is 14.6. The van der Waals surface area contributed by atoms with Gasteiger partial charge in [0.25, 0.3) is 5.95 Å². The molecular weight excluding hydrogens is 235 g/mol. The minimum Gasteiger partial charge on any atom is -0.520 e. The fraction of sp³-hybridized carbons (Fsp3) is 0.750. The molecule has 0 amide bonds. The Balaban J connectivity index is 4.76. The van der Waals surface area contributed by atoms with Crippen LogP contribution in [0.15, 0.2) is 11.5 Å². The molecule has 0 aliphatic carbocycles. The fourth-order valence-corrected chi connectivity index (χ4v) is 2.52. The zero-order chi connectivity index (χ0) is 12.3. The zero-order valence-corrected chi connectivity index (χ0v) is 11.7. The Morgan fingerprint density at radius 2 is 1.80 bits per heavy atom. The van der Waals surface area contributed by atoms with Crippen LogP contribution in [0.1, 0.15) is 6.92 Å². The lowest BCUT2D eigenvalue weighted by molar-refractivity contribution is 0.142. The molecule has 0 unspecified atom stereocenters. The van der Waals surface area contributed by atoms with Gasteiger partial charge in [-0.3, -0.25) is 4.57 Å². The van der Waals surface area contributed by atoms with Gasteiger partial charge in [0, 0.05) is 5.57 Å². The molecule has 0 bridgehead atoms. The van der Waals surface area contributed by atoms with Gasteiger partial charge in [0.1, 0.15) is 0 Å². The maximum Gasteiger partial charge on any atom is 0.329 e. The average Bonchev–Trinajstić information content (AvgIpc) is 1.94. The molecule has 0 rings (SSSR count). The second-order valence-corrected chi connectivity index (χ2v) is 10.4. The molecule has 0 aromatic rings. The minimum atomic E-state index is -4.06. The van der Waals surface area contributed by atoms with E-state index in [9.17, 15) is 4.57 Å². The van der Waals surface area contributed by atoms with Gasteiger partial charge in [-0.1, -0.05) is 0 Å². The van der Waals surface area contributed by atoms with Crippen molar-refractivity contribution in [2.24, 2.45) is 0 Å². The van der Waals surface area contributed by atoms with Gasteiger partial charge < -0.3 is 18.9 Å². The standard InChI is InChI=1S/C8H19O5PSi/c1-7(6-14(9,10)11)8(12-2)13-15(3,4)5/h6H2,1-5H3,(H2,9,10,11)/b8-7+. The molecule has 0 atom stereocenters. The number of hydrogen-bond acceptors (Lipinski definition) is 3. The van der Waals surface area contributed by atoms with Crippen molar-refractivity contribution >= 4 is 15.9 Å². The van der Waals surface area contributed by atoms with Crippen LogP contribution < -0.4 is 0 Å². The largest absolute Gasteiger partial charge is 0.520 e. The molecule has 0 aliphatic heterocycles. The SMILES string of the molecule is CO/C(O[Si](C)(C)C)=C(/C)CP(=O)(O)O. The Hall–Kier alpha value is -0.293. The van der Waals surface area contributed by atoms with E-state index >= 15 is 0 Å². The van der Waals surface area contributed by atoms with E-state index in [0.717, 1.165) is 0 Å². The third-order valence-electron chi connectivity index (χ3n) is 1.38. The van der Waals surface area contributed by atoms with E-state index in [0.29, 0.717) is 5.57 Å². The Bertz CT molecular complexity index is 288. The molecule has 0 heterocycles. The lowest BCUT2D eigenvalue weighted by atomic mass is 10.4. The van der Waals surface area contributed by atoms with Crippen LogP contribution in [-0.2, 0) is 13.7 Å². The molecule has 0 saturated carbocycles. The van der Waals surface area contributed by atoms with Crippen molar-refractivity contribution < 1.29 is 23.5 Å². The summed E-state index contributed by atoms with van der Waals surface area (Å²) < 4.78 is 21.3. The summed E-state index contributed by atoms with van der Waals surface area (Å²) in [6, 6.07) is 0. The van der Waals surface area contributed by atoms with E-state index in [2.05, 4.69) is 0 Å². The van der Waals surface area contributed by atoms with Gasteiger partial charge in [0.05, 0.1) is 13.3 Å². The highest BCUT2D eigenvalue weighted by Gasteiger charge is 2.22. The monoisotopic (exact) mass is 254 g/mol. The van der Waals surface area contributed by atoms with Crippen molar-refractivity contribution in [2.75, 3.05) is 13.3 Å². The summed E-state index contributed by atoms with van der Waals surface area (Å²) in [4.78, 5) is 17.6. The first-order valence-electron chi connectivity index (χ1n) is 4.52. The molecular formula is C8H19O5PSi. The Morgan fingerprint density at radius 1 is 1.33 bits per heavy atom. The summed E-state index contributed by atoms with van der Waals surface area (Å²) in [6.45, 7) is 7.50.